The summed E-state index contributed by atoms with van der Waals surface area (Å²) in [5.41, 5.74) is 11.7. The summed E-state index contributed by atoms with van der Waals surface area (Å²) in [6.07, 6.45) is 0. The first-order chi connectivity index (χ1) is 4.61. The van der Waals surface area contributed by atoms with Crippen molar-refractivity contribution in [3.05, 3.63) is 22.2 Å². The highest BCUT2D eigenvalue weighted by Gasteiger charge is 2.00. The fourth-order valence-electron chi connectivity index (χ4n) is 0.578. The lowest BCUT2D eigenvalue weighted by molar-refractivity contribution is 1.66. The lowest BCUT2D eigenvalue weighted by Crippen LogP contribution is -1.93. The number of nitrogen functional groups attached to an aromatic ring is 2. The number of anilines is 2. The Balaban J connectivity index is 0. The average Bonchev–Trinajstić information content (AvgIpc) is 1.84. The van der Waals surface area contributed by atoms with E-state index >= 15 is 0 Å². The predicted molar refractivity (Wildman–Crippen MR) is 55.3 cm³/mol. The highest BCUT2D eigenvalue weighted by molar-refractivity contribution is 6.42. The Morgan fingerprint density at radius 1 is 0.833 bits per heavy atom. The van der Waals surface area contributed by atoms with Crippen LogP contribution < -0.4 is 23.8 Å². The van der Waals surface area contributed by atoms with Crippen LogP contribution in [0.5, 0.6) is 0 Å². The van der Waals surface area contributed by atoms with E-state index in [-0.39, 0.29) is 12.3 Å². The van der Waals surface area contributed by atoms with E-state index in [0.29, 0.717) is 21.4 Å². The maximum absolute atomic E-state index is 5.62. The zero-order valence-electron chi connectivity index (χ0n) is 6.48. The van der Waals surface area contributed by atoms with Crippen molar-refractivity contribution >= 4 is 34.6 Å². The minimum atomic E-state index is 0. The van der Waals surface area contributed by atoms with Crippen molar-refractivity contribution in [3.8, 4) is 0 Å². The van der Waals surface area contributed by atoms with Crippen LogP contribution in [-0.4, -0.2) is 0 Å². The van der Waals surface area contributed by atoms with Crippen LogP contribution in [0.15, 0.2) is 12.1 Å². The van der Waals surface area contributed by atoms with Crippen LogP contribution in [0.1, 0.15) is 0 Å². The van der Waals surface area contributed by atoms with Crippen molar-refractivity contribution < 1.29 is 0 Å². The summed E-state index contributed by atoms with van der Waals surface area (Å²) in [4.78, 5) is 0. The Hall–Kier alpha value is -0.680. The fourth-order valence-corrected chi connectivity index (χ4v) is 0.922. The van der Waals surface area contributed by atoms with E-state index < -0.39 is 0 Å². The highest BCUT2D eigenvalue weighted by Crippen LogP contribution is 2.28. The molecule has 0 spiro atoms. The summed E-state index contributed by atoms with van der Waals surface area (Å²) in [6.45, 7) is 0. The molecule has 0 aromatic heterocycles. The molecule has 1 rings (SSSR count). The quantitative estimate of drug-likeness (QED) is 0.492. The molecule has 0 bridgehead atoms. The van der Waals surface area contributed by atoms with Gasteiger partial charge in [-0.05, 0) is 12.1 Å². The zero-order valence-corrected chi connectivity index (χ0v) is 7.99. The lowest BCUT2D eigenvalue weighted by Gasteiger charge is -2.00. The van der Waals surface area contributed by atoms with Gasteiger partial charge in [0.25, 0.3) is 0 Å². The van der Waals surface area contributed by atoms with Crippen LogP contribution in [0.3, 0.4) is 0 Å². The average molecular weight is 211 g/mol. The first-order valence-corrected chi connectivity index (χ1v) is 3.37. The van der Waals surface area contributed by atoms with Crippen LogP contribution in [-0.2, 0) is 0 Å². The molecule has 0 aliphatic heterocycles. The lowest BCUT2D eigenvalue weighted by atomic mass is 10.3. The third-order valence-corrected chi connectivity index (χ3v) is 1.85. The van der Waals surface area contributed by atoms with E-state index in [9.17, 15) is 0 Å². The summed E-state index contributed by atoms with van der Waals surface area (Å²) in [5.74, 6) is 0. The van der Waals surface area contributed by atoms with Crippen molar-refractivity contribution in [1.82, 2.24) is 12.3 Å². The molecular weight excluding hydrogens is 199 g/mol. The standard InChI is InChI=1S/C6H6Cl2N2.2H3N/c7-3-1-5(9)6(10)2-4(3)8;;/h1-2H,9-10H2;2*1H3. The van der Waals surface area contributed by atoms with Gasteiger partial charge in [-0.2, -0.15) is 0 Å². The zero-order chi connectivity index (χ0) is 7.72. The normalized spacial score (nSPS) is 8.17. The van der Waals surface area contributed by atoms with Crippen LogP contribution in [0.25, 0.3) is 0 Å². The third-order valence-electron chi connectivity index (χ3n) is 1.13. The van der Waals surface area contributed by atoms with Crippen molar-refractivity contribution in [3.63, 3.8) is 0 Å². The summed E-state index contributed by atoms with van der Waals surface area (Å²) in [6, 6.07) is 3.05. The van der Waals surface area contributed by atoms with Gasteiger partial charge in [0.1, 0.15) is 0 Å². The van der Waals surface area contributed by atoms with Crippen molar-refractivity contribution in [2.75, 3.05) is 11.5 Å². The first-order valence-electron chi connectivity index (χ1n) is 2.61. The van der Waals surface area contributed by atoms with Crippen molar-refractivity contribution in [2.45, 2.75) is 0 Å². The molecule has 0 amide bonds. The molecule has 4 nitrogen and oxygen atoms in total. The van der Waals surface area contributed by atoms with Gasteiger partial charge in [-0.3, -0.25) is 0 Å². The van der Waals surface area contributed by atoms with Crippen LogP contribution in [0.4, 0.5) is 11.4 Å². The van der Waals surface area contributed by atoms with E-state index in [0.717, 1.165) is 0 Å². The maximum atomic E-state index is 5.62. The van der Waals surface area contributed by atoms with E-state index in [1.165, 1.54) is 12.1 Å². The number of benzene rings is 1. The molecule has 0 saturated carbocycles. The molecule has 0 fully saturated rings. The van der Waals surface area contributed by atoms with E-state index in [1.807, 2.05) is 0 Å². The van der Waals surface area contributed by atoms with Gasteiger partial charge in [-0.25, -0.2) is 0 Å². The number of rotatable bonds is 0. The molecule has 1 aromatic rings. The van der Waals surface area contributed by atoms with Gasteiger partial charge in [-0.1, -0.05) is 23.2 Å². The van der Waals surface area contributed by atoms with Crippen molar-refractivity contribution in [1.29, 1.82) is 0 Å². The monoisotopic (exact) mass is 210 g/mol. The number of halogens is 2. The van der Waals surface area contributed by atoms with Gasteiger partial charge in [0.2, 0.25) is 0 Å². The number of nitrogens with two attached hydrogens (primary N) is 2. The first kappa shape index (κ1) is 13.9. The van der Waals surface area contributed by atoms with Crippen molar-refractivity contribution in [2.24, 2.45) is 0 Å². The smallest absolute Gasteiger partial charge is 0.0614 e. The fraction of sp³-hybridized carbons (Fsp3) is 0. The predicted octanol–water partition coefficient (Wildman–Crippen LogP) is 2.48. The molecule has 12 heavy (non-hydrogen) atoms. The highest BCUT2D eigenvalue weighted by atomic mass is 35.5. The van der Waals surface area contributed by atoms with Gasteiger partial charge in [0.15, 0.2) is 0 Å². The summed E-state index contributed by atoms with van der Waals surface area (Å²) >= 11 is 11.2. The minimum absolute atomic E-state index is 0. The molecule has 1 aromatic carbocycles. The summed E-state index contributed by atoms with van der Waals surface area (Å²) < 4.78 is 0. The minimum Gasteiger partial charge on any atom is -0.397 e. The van der Waals surface area contributed by atoms with Crippen LogP contribution in [0, 0.1) is 0 Å². The third kappa shape index (κ3) is 2.75. The Morgan fingerprint density at radius 3 is 1.33 bits per heavy atom. The molecular formula is C6H12Cl2N4. The molecule has 6 heteroatoms. The number of hydrogen-bond donors (Lipinski definition) is 4. The van der Waals surface area contributed by atoms with Gasteiger partial charge in [0, 0.05) is 0 Å². The second-order valence-corrected chi connectivity index (χ2v) is 2.71. The Labute approximate surface area is 81.0 Å². The van der Waals surface area contributed by atoms with Gasteiger partial charge < -0.3 is 23.8 Å². The van der Waals surface area contributed by atoms with E-state index in [1.54, 1.807) is 0 Å². The van der Waals surface area contributed by atoms with E-state index in [2.05, 4.69) is 0 Å². The molecule has 0 aliphatic carbocycles. The van der Waals surface area contributed by atoms with Gasteiger partial charge >= 0.3 is 0 Å². The molecule has 0 radical (unpaired) electrons. The van der Waals surface area contributed by atoms with E-state index in [4.69, 9.17) is 34.7 Å². The van der Waals surface area contributed by atoms with Gasteiger partial charge in [-0.15, -0.1) is 0 Å². The second-order valence-electron chi connectivity index (χ2n) is 1.90. The molecule has 0 heterocycles. The Morgan fingerprint density at radius 2 is 1.08 bits per heavy atom. The topological polar surface area (TPSA) is 122 Å². The van der Waals surface area contributed by atoms with Gasteiger partial charge in [0.05, 0.1) is 21.4 Å². The maximum Gasteiger partial charge on any atom is 0.0614 e. The largest absolute Gasteiger partial charge is 0.397 e. The Kier molecular flexibility index (Phi) is 5.84. The molecule has 70 valence electrons. The van der Waals surface area contributed by atoms with Crippen LogP contribution >= 0.6 is 23.2 Å². The molecule has 0 aliphatic rings. The molecule has 0 atom stereocenters. The Bertz CT molecular complexity index is 214. The number of hydrogen-bond acceptors (Lipinski definition) is 4. The SMILES string of the molecule is N.N.Nc1cc(Cl)c(Cl)cc1N. The summed E-state index contributed by atoms with van der Waals surface area (Å²) in [7, 11) is 0. The molecule has 0 saturated heterocycles. The molecule has 0 unspecified atom stereocenters. The van der Waals surface area contributed by atoms with Crippen LogP contribution in [0.2, 0.25) is 10.0 Å². The molecule has 10 N–H and O–H groups in total. The summed E-state index contributed by atoms with van der Waals surface area (Å²) in [5, 5.41) is 0.849. The second kappa shape index (κ2) is 5.05.